The highest BCUT2D eigenvalue weighted by atomic mass is 32.2. The van der Waals surface area contributed by atoms with Gasteiger partial charge in [-0.2, -0.15) is 4.31 Å². The van der Waals surface area contributed by atoms with E-state index in [0.717, 1.165) is 18.4 Å². The smallest absolute Gasteiger partial charge is 0.243 e. The molecule has 1 N–H and O–H groups in total. The Labute approximate surface area is 185 Å². The normalized spacial score (nSPS) is 18.9. The number of hydrogen-bond donors (Lipinski definition) is 1. The SMILES string of the molecule is CC(NC(=O)CN1CCN(S(=O)(=O)c2ccccc2)CC1)c1ccc2c(c1)CCCC2. The number of piperazine rings is 1. The fourth-order valence-electron chi connectivity index (χ4n) is 4.47. The molecule has 7 heteroatoms. The molecule has 2 aliphatic rings. The van der Waals surface area contributed by atoms with Crippen LogP contribution in [0.25, 0.3) is 0 Å². The Morgan fingerprint density at radius 2 is 1.65 bits per heavy atom. The number of fused-ring (bicyclic) bond motifs is 1. The number of aryl methyl sites for hydroxylation is 2. The molecule has 4 rings (SSSR count). The molecule has 2 aromatic carbocycles. The Hall–Kier alpha value is -2.22. The molecule has 1 heterocycles. The quantitative estimate of drug-likeness (QED) is 0.748. The van der Waals surface area contributed by atoms with Crippen molar-refractivity contribution in [2.45, 2.75) is 43.5 Å². The molecular formula is C24H31N3O3S. The molecule has 2 aromatic rings. The third-order valence-electron chi connectivity index (χ3n) is 6.33. The lowest BCUT2D eigenvalue weighted by atomic mass is 9.89. The summed E-state index contributed by atoms with van der Waals surface area (Å²) < 4.78 is 27.0. The molecule has 0 aromatic heterocycles. The molecule has 1 unspecified atom stereocenters. The Morgan fingerprint density at radius 3 is 2.35 bits per heavy atom. The number of nitrogens with zero attached hydrogens (tertiary/aromatic N) is 2. The van der Waals surface area contributed by atoms with Gasteiger partial charge < -0.3 is 5.32 Å². The molecule has 31 heavy (non-hydrogen) atoms. The minimum absolute atomic E-state index is 0.0235. The summed E-state index contributed by atoms with van der Waals surface area (Å²) in [5.41, 5.74) is 4.00. The molecule has 166 valence electrons. The fraction of sp³-hybridized carbons (Fsp3) is 0.458. The van der Waals surface area contributed by atoms with Crippen molar-refractivity contribution in [1.29, 1.82) is 0 Å². The number of amides is 1. The van der Waals surface area contributed by atoms with Crippen LogP contribution in [0.3, 0.4) is 0 Å². The van der Waals surface area contributed by atoms with Crippen LogP contribution in [-0.2, 0) is 27.7 Å². The van der Waals surface area contributed by atoms with Crippen molar-refractivity contribution in [3.8, 4) is 0 Å². The number of hydrogen-bond acceptors (Lipinski definition) is 4. The zero-order chi connectivity index (χ0) is 21.8. The molecule has 1 fully saturated rings. The van der Waals surface area contributed by atoms with E-state index in [4.69, 9.17) is 0 Å². The van der Waals surface area contributed by atoms with Crippen molar-refractivity contribution < 1.29 is 13.2 Å². The van der Waals surface area contributed by atoms with Gasteiger partial charge in [0.15, 0.2) is 0 Å². The van der Waals surface area contributed by atoms with Crippen LogP contribution < -0.4 is 5.32 Å². The lowest BCUT2D eigenvalue weighted by molar-refractivity contribution is -0.123. The minimum Gasteiger partial charge on any atom is -0.348 e. The Balaban J connectivity index is 1.28. The summed E-state index contributed by atoms with van der Waals surface area (Å²) in [6, 6.07) is 15.1. The number of sulfonamides is 1. The van der Waals surface area contributed by atoms with Gasteiger partial charge in [0, 0.05) is 26.2 Å². The average Bonchev–Trinajstić information content (AvgIpc) is 2.79. The van der Waals surface area contributed by atoms with Gasteiger partial charge in [-0.1, -0.05) is 36.4 Å². The van der Waals surface area contributed by atoms with Crippen LogP contribution in [-0.4, -0.2) is 56.3 Å². The molecule has 0 saturated carbocycles. The lowest BCUT2D eigenvalue weighted by Crippen LogP contribution is -2.51. The van der Waals surface area contributed by atoms with Crippen molar-refractivity contribution in [1.82, 2.24) is 14.5 Å². The molecule has 1 aliphatic heterocycles. The van der Waals surface area contributed by atoms with E-state index >= 15 is 0 Å². The molecule has 1 amide bonds. The lowest BCUT2D eigenvalue weighted by Gasteiger charge is -2.33. The van der Waals surface area contributed by atoms with Gasteiger partial charge in [-0.05, 0) is 61.4 Å². The highest BCUT2D eigenvalue weighted by Crippen LogP contribution is 2.25. The number of carbonyl (C=O) groups excluding carboxylic acids is 1. The van der Waals surface area contributed by atoms with E-state index in [2.05, 4.69) is 23.5 Å². The Bertz CT molecular complexity index is 1020. The molecule has 1 saturated heterocycles. The molecule has 1 aliphatic carbocycles. The van der Waals surface area contributed by atoms with E-state index < -0.39 is 10.0 Å². The van der Waals surface area contributed by atoms with E-state index in [9.17, 15) is 13.2 Å². The zero-order valence-corrected chi connectivity index (χ0v) is 18.9. The maximum absolute atomic E-state index is 12.7. The Kier molecular flexibility index (Phi) is 6.74. The van der Waals surface area contributed by atoms with Crippen LogP contribution in [0.15, 0.2) is 53.4 Å². The number of rotatable bonds is 6. The van der Waals surface area contributed by atoms with Gasteiger partial charge in [0.1, 0.15) is 0 Å². The van der Waals surface area contributed by atoms with Crippen LogP contribution >= 0.6 is 0 Å². The number of benzene rings is 2. The molecule has 1 atom stereocenters. The van der Waals surface area contributed by atoms with E-state index in [0.29, 0.717) is 31.1 Å². The van der Waals surface area contributed by atoms with Crippen molar-refractivity contribution in [3.63, 3.8) is 0 Å². The first-order valence-electron chi connectivity index (χ1n) is 11.1. The van der Waals surface area contributed by atoms with Crippen molar-refractivity contribution in [2.24, 2.45) is 0 Å². The second-order valence-electron chi connectivity index (χ2n) is 8.52. The summed E-state index contributed by atoms with van der Waals surface area (Å²) in [5.74, 6) is -0.0235. The monoisotopic (exact) mass is 441 g/mol. The molecular weight excluding hydrogens is 410 g/mol. The maximum atomic E-state index is 12.7. The van der Waals surface area contributed by atoms with Gasteiger partial charge >= 0.3 is 0 Å². The standard InChI is InChI=1S/C24H31N3O3S/c1-19(21-12-11-20-7-5-6-8-22(20)17-21)25-24(28)18-26-13-15-27(16-14-26)31(29,30)23-9-3-2-4-10-23/h2-4,9-12,17,19H,5-8,13-16,18H2,1H3,(H,25,28). The highest BCUT2D eigenvalue weighted by Gasteiger charge is 2.29. The summed E-state index contributed by atoms with van der Waals surface area (Å²) in [7, 11) is -3.47. The van der Waals surface area contributed by atoms with Crippen LogP contribution in [0.1, 0.15) is 42.5 Å². The first-order valence-corrected chi connectivity index (χ1v) is 12.6. The third kappa shape index (κ3) is 5.17. The maximum Gasteiger partial charge on any atom is 0.243 e. The zero-order valence-electron chi connectivity index (χ0n) is 18.1. The van der Waals surface area contributed by atoms with Crippen molar-refractivity contribution >= 4 is 15.9 Å². The largest absolute Gasteiger partial charge is 0.348 e. The average molecular weight is 442 g/mol. The van der Waals surface area contributed by atoms with Crippen LogP contribution in [0.4, 0.5) is 0 Å². The predicted octanol–water partition coefficient (Wildman–Crippen LogP) is 2.75. The summed E-state index contributed by atoms with van der Waals surface area (Å²) >= 11 is 0. The van der Waals surface area contributed by atoms with Crippen molar-refractivity contribution in [3.05, 3.63) is 65.2 Å². The van der Waals surface area contributed by atoms with Crippen molar-refractivity contribution in [2.75, 3.05) is 32.7 Å². The minimum atomic E-state index is -3.47. The molecule has 0 bridgehead atoms. The van der Waals surface area contributed by atoms with Gasteiger partial charge in [0.05, 0.1) is 17.5 Å². The van der Waals surface area contributed by atoms with E-state index in [1.54, 1.807) is 30.3 Å². The topological polar surface area (TPSA) is 69.7 Å². The van der Waals surface area contributed by atoms with Gasteiger partial charge in [-0.15, -0.1) is 0 Å². The van der Waals surface area contributed by atoms with Gasteiger partial charge in [-0.3, -0.25) is 9.69 Å². The first-order chi connectivity index (χ1) is 14.9. The van der Waals surface area contributed by atoms with Crippen LogP contribution in [0, 0.1) is 0 Å². The molecule has 0 spiro atoms. The highest BCUT2D eigenvalue weighted by molar-refractivity contribution is 7.89. The summed E-state index contributed by atoms with van der Waals surface area (Å²) in [6.07, 6.45) is 4.78. The molecule has 0 radical (unpaired) electrons. The van der Waals surface area contributed by atoms with E-state index in [1.807, 2.05) is 11.8 Å². The number of nitrogens with one attached hydrogen (secondary N) is 1. The second kappa shape index (κ2) is 9.51. The number of carbonyl (C=O) groups is 1. The van der Waals surface area contributed by atoms with Gasteiger partial charge in [0.25, 0.3) is 0 Å². The first kappa shape index (κ1) is 22.0. The summed E-state index contributed by atoms with van der Waals surface area (Å²) in [4.78, 5) is 14.9. The Morgan fingerprint density at radius 1 is 0.968 bits per heavy atom. The second-order valence-corrected chi connectivity index (χ2v) is 10.5. The van der Waals surface area contributed by atoms with E-state index in [1.165, 1.54) is 28.3 Å². The third-order valence-corrected chi connectivity index (χ3v) is 8.24. The molecule has 6 nitrogen and oxygen atoms in total. The summed E-state index contributed by atoms with van der Waals surface area (Å²) in [6.45, 7) is 4.19. The van der Waals surface area contributed by atoms with Gasteiger partial charge in [-0.25, -0.2) is 8.42 Å². The predicted molar refractivity (Wildman–Crippen MR) is 121 cm³/mol. The van der Waals surface area contributed by atoms with Crippen LogP contribution in [0.2, 0.25) is 0 Å². The summed E-state index contributed by atoms with van der Waals surface area (Å²) in [5, 5.41) is 3.11. The van der Waals surface area contributed by atoms with Crippen LogP contribution in [0.5, 0.6) is 0 Å². The fourth-order valence-corrected chi connectivity index (χ4v) is 5.91. The van der Waals surface area contributed by atoms with E-state index in [-0.39, 0.29) is 18.5 Å². The van der Waals surface area contributed by atoms with Gasteiger partial charge in [0.2, 0.25) is 15.9 Å².